The molecule has 2 fully saturated rings. The molecule has 3 heterocycles. The zero-order chi connectivity index (χ0) is 16.4. The van der Waals surface area contributed by atoms with Gasteiger partial charge in [-0.25, -0.2) is 4.98 Å². The molecular formula is C18H22N4OS. The molecule has 1 amide bonds. The molecule has 24 heavy (non-hydrogen) atoms. The summed E-state index contributed by atoms with van der Waals surface area (Å²) in [7, 11) is 0. The van der Waals surface area contributed by atoms with Gasteiger partial charge in [-0.2, -0.15) is 11.3 Å². The molecule has 2 aliphatic rings. The Kier molecular flexibility index (Phi) is 4.33. The third-order valence-electron chi connectivity index (χ3n) is 5.61. The highest BCUT2D eigenvalue weighted by atomic mass is 32.1. The summed E-state index contributed by atoms with van der Waals surface area (Å²) in [5.74, 6) is -0.0899. The summed E-state index contributed by atoms with van der Waals surface area (Å²) >= 11 is 1.76. The Morgan fingerprint density at radius 3 is 2.83 bits per heavy atom. The van der Waals surface area contributed by atoms with Crippen LogP contribution in [0.5, 0.6) is 0 Å². The van der Waals surface area contributed by atoms with Gasteiger partial charge in [-0.05, 0) is 66.6 Å². The third kappa shape index (κ3) is 3.08. The van der Waals surface area contributed by atoms with Gasteiger partial charge in [0.15, 0.2) is 0 Å². The van der Waals surface area contributed by atoms with E-state index in [1.165, 1.54) is 31.0 Å². The molecule has 1 aliphatic heterocycles. The van der Waals surface area contributed by atoms with Gasteiger partial charge in [0.2, 0.25) is 0 Å². The van der Waals surface area contributed by atoms with Crippen LogP contribution in [0.4, 0.5) is 0 Å². The minimum Gasteiger partial charge on any atom is -0.347 e. The summed E-state index contributed by atoms with van der Waals surface area (Å²) in [4.78, 5) is 22.9. The van der Waals surface area contributed by atoms with E-state index in [0.717, 1.165) is 26.1 Å². The van der Waals surface area contributed by atoms with Crippen LogP contribution in [0.2, 0.25) is 0 Å². The Hall–Kier alpha value is -1.79. The van der Waals surface area contributed by atoms with Gasteiger partial charge in [-0.3, -0.25) is 14.7 Å². The van der Waals surface area contributed by atoms with Crippen molar-refractivity contribution in [2.45, 2.75) is 38.3 Å². The second-order valence-corrected chi connectivity index (χ2v) is 7.71. The zero-order valence-electron chi connectivity index (χ0n) is 13.6. The van der Waals surface area contributed by atoms with E-state index < -0.39 is 0 Å². The van der Waals surface area contributed by atoms with Crippen LogP contribution in [0.15, 0.2) is 35.4 Å². The fraction of sp³-hybridized carbons (Fsp3) is 0.500. The maximum Gasteiger partial charge on any atom is 0.271 e. The SMILES string of the molecule is O=C(NC1CCC12CCN(Cc1ccsc1)CC2)c1cnccn1. The van der Waals surface area contributed by atoms with Crippen LogP contribution in [-0.2, 0) is 6.54 Å². The highest BCUT2D eigenvalue weighted by Crippen LogP contribution is 2.49. The van der Waals surface area contributed by atoms with Crippen molar-refractivity contribution < 1.29 is 4.79 Å². The molecule has 1 N–H and O–H groups in total. The van der Waals surface area contributed by atoms with E-state index >= 15 is 0 Å². The minimum atomic E-state index is -0.0899. The van der Waals surface area contributed by atoms with Crippen molar-refractivity contribution in [2.75, 3.05) is 13.1 Å². The first-order valence-electron chi connectivity index (χ1n) is 8.55. The number of rotatable bonds is 4. The molecule has 2 aromatic rings. The smallest absolute Gasteiger partial charge is 0.271 e. The van der Waals surface area contributed by atoms with Crippen molar-refractivity contribution in [1.29, 1.82) is 0 Å². The molecule has 0 aromatic carbocycles. The van der Waals surface area contributed by atoms with Crippen LogP contribution in [0.25, 0.3) is 0 Å². The van der Waals surface area contributed by atoms with Gasteiger partial charge in [-0.15, -0.1) is 0 Å². The van der Waals surface area contributed by atoms with E-state index in [1.54, 1.807) is 23.7 Å². The molecule has 1 saturated carbocycles. The average molecular weight is 342 g/mol. The number of carbonyl (C=O) groups excluding carboxylic acids is 1. The maximum absolute atomic E-state index is 12.3. The van der Waals surface area contributed by atoms with Crippen LogP contribution in [0.3, 0.4) is 0 Å². The minimum absolute atomic E-state index is 0.0899. The summed E-state index contributed by atoms with van der Waals surface area (Å²) in [5, 5.41) is 7.57. The van der Waals surface area contributed by atoms with Crippen molar-refractivity contribution in [3.63, 3.8) is 0 Å². The molecule has 1 atom stereocenters. The van der Waals surface area contributed by atoms with Crippen LogP contribution >= 0.6 is 11.3 Å². The molecule has 0 radical (unpaired) electrons. The highest BCUT2D eigenvalue weighted by Gasteiger charge is 2.48. The predicted octanol–water partition coefficient (Wildman–Crippen LogP) is 2.71. The van der Waals surface area contributed by atoms with Gasteiger partial charge in [0.25, 0.3) is 5.91 Å². The quantitative estimate of drug-likeness (QED) is 0.928. The molecule has 6 heteroatoms. The van der Waals surface area contributed by atoms with Crippen LogP contribution in [0.1, 0.15) is 41.7 Å². The first-order valence-corrected chi connectivity index (χ1v) is 9.50. The van der Waals surface area contributed by atoms with Crippen molar-refractivity contribution in [3.8, 4) is 0 Å². The lowest BCUT2D eigenvalue weighted by Gasteiger charge is -2.54. The van der Waals surface area contributed by atoms with Gasteiger partial charge in [0.1, 0.15) is 5.69 Å². The molecule has 5 nitrogen and oxygen atoms in total. The van der Waals surface area contributed by atoms with Crippen LogP contribution < -0.4 is 5.32 Å². The Morgan fingerprint density at radius 2 is 2.21 bits per heavy atom. The molecule has 1 saturated heterocycles. The molecule has 0 bridgehead atoms. The lowest BCUT2D eigenvalue weighted by molar-refractivity contribution is -0.00716. The van der Waals surface area contributed by atoms with E-state index in [-0.39, 0.29) is 11.9 Å². The Labute approximate surface area is 146 Å². The number of nitrogens with one attached hydrogen (secondary N) is 1. The fourth-order valence-corrected chi connectivity index (χ4v) is 4.63. The van der Waals surface area contributed by atoms with Crippen molar-refractivity contribution in [3.05, 3.63) is 46.7 Å². The average Bonchev–Trinajstić information content (AvgIpc) is 3.13. The second-order valence-electron chi connectivity index (χ2n) is 6.93. The number of aromatic nitrogens is 2. The summed E-state index contributed by atoms with van der Waals surface area (Å²) in [6.07, 6.45) is 9.33. The van der Waals surface area contributed by atoms with Gasteiger partial charge in [-0.1, -0.05) is 0 Å². The fourth-order valence-electron chi connectivity index (χ4n) is 3.97. The van der Waals surface area contributed by atoms with Crippen molar-refractivity contribution in [1.82, 2.24) is 20.2 Å². The largest absolute Gasteiger partial charge is 0.347 e. The number of likely N-dealkylation sites (tertiary alicyclic amines) is 1. The van der Waals surface area contributed by atoms with Gasteiger partial charge < -0.3 is 5.32 Å². The predicted molar refractivity (Wildman–Crippen MR) is 93.8 cm³/mol. The number of piperidine rings is 1. The van der Waals surface area contributed by atoms with Crippen molar-refractivity contribution in [2.24, 2.45) is 5.41 Å². The van der Waals surface area contributed by atoms with Gasteiger partial charge in [0, 0.05) is 25.0 Å². The number of hydrogen-bond acceptors (Lipinski definition) is 5. The zero-order valence-corrected chi connectivity index (χ0v) is 14.5. The van der Waals surface area contributed by atoms with E-state index in [1.807, 2.05) is 0 Å². The number of hydrogen-bond donors (Lipinski definition) is 1. The number of thiophene rings is 1. The number of nitrogens with zero attached hydrogens (tertiary/aromatic N) is 3. The van der Waals surface area contributed by atoms with E-state index in [2.05, 4.69) is 37.0 Å². The Morgan fingerprint density at radius 1 is 1.33 bits per heavy atom. The molecule has 1 unspecified atom stereocenters. The summed E-state index contributed by atoms with van der Waals surface area (Å²) < 4.78 is 0. The topological polar surface area (TPSA) is 58.1 Å². The van der Waals surface area contributed by atoms with Crippen molar-refractivity contribution >= 4 is 17.2 Å². The maximum atomic E-state index is 12.3. The summed E-state index contributed by atoms with van der Waals surface area (Å²) in [5.41, 5.74) is 2.12. The van der Waals surface area contributed by atoms with Gasteiger partial charge in [0.05, 0.1) is 6.20 Å². The highest BCUT2D eigenvalue weighted by molar-refractivity contribution is 7.07. The molecule has 4 rings (SSSR count). The van der Waals surface area contributed by atoms with E-state index in [0.29, 0.717) is 11.1 Å². The second kappa shape index (κ2) is 6.61. The van der Waals surface area contributed by atoms with Crippen LogP contribution in [-0.4, -0.2) is 39.9 Å². The monoisotopic (exact) mass is 342 g/mol. The third-order valence-corrected chi connectivity index (χ3v) is 6.34. The molecule has 1 spiro atoms. The van der Waals surface area contributed by atoms with E-state index in [4.69, 9.17) is 0 Å². The Balaban J connectivity index is 1.33. The van der Waals surface area contributed by atoms with Crippen LogP contribution in [0, 0.1) is 5.41 Å². The number of amides is 1. The first kappa shape index (κ1) is 15.7. The Bertz CT molecular complexity index is 680. The standard InChI is InChI=1S/C18H22N4OS/c23-17(15-11-19-6-7-20-15)21-16-1-3-18(16)4-8-22(9-5-18)12-14-2-10-24-13-14/h2,6-7,10-11,13,16H,1,3-5,8-9,12H2,(H,21,23). The molecule has 2 aromatic heterocycles. The molecule has 126 valence electrons. The van der Waals surface area contributed by atoms with E-state index in [9.17, 15) is 4.79 Å². The lowest BCUT2D eigenvalue weighted by Crippen LogP contribution is -2.59. The first-order chi connectivity index (χ1) is 11.8. The summed E-state index contributed by atoms with van der Waals surface area (Å²) in [6, 6.07) is 2.50. The molecular weight excluding hydrogens is 320 g/mol. The normalized spacial score (nSPS) is 22.9. The van der Waals surface area contributed by atoms with Gasteiger partial charge >= 0.3 is 0 Å². The molecule has 1 aliphatic carbocycles. The lowest BCUT2D eigenvalue weighted by atomic mass is 9.59. The number of carbonyl (C=O) groups is 1. The summed E-state index contributed by atoms with van der Waals surface area (Å²) in [6.45, 7) is 3.29.